The van der Waals surface area contributed by atoms with Gasteiger partial charge in [-0.05, 0) is 79.8 Å². The minimum atomic E-state index is -0.119. The lowest BCUT2D eigenvalue weighted by Crippen LogP contribution is -2.27. The van der Waals surface area contributed by atoms with Crippen LogP contribution in [0.25, 0.3) is 22.0 Å². The van der Waals surface area contributed by atoms with E-state index in [1.807, 2.05) is 18.2 Å². The Balaban J connectivity index is 1.59. The number of aromatic hydroxyl groups is 1. The molecule has 0 saturated heterocycles. The van der Waals surface area contributed by atoms with Gasteiger partial charge in [-0.15, -0.1) is 0 Å². The molecule has 2 aliphatic rings. The van der Waals surface area contributed by atoms with Crippen LogP contribution in [0.1, 0.15) is 62.2 Å². The van der Waals surface area contributed by atoms with Crippen molar-refractivity contribution in [2.45, 2.75) is 57.9 Å². The number of anilines is 1. The van der Waals surface area contributed by atoms with E-state index < -0.39 is 0 Å². The number of phenolic OH excluding ortho intramolecular Hbond substituents is 1. The number of fused-ring (bicyclic) bond motifs is 1. The lowest BCUT2D eigenvalue weighted by molar-refractivity contribution is 0.0968. The van der Waals surface area contributed by atoms with Crippen LogP contribution >= 0.6 is 23.2 Å². The zero-order valence-electron chi connectivity index (χ0n) is 18.7. The minimum absolute atomic E-state index is 0.119. The van der Waals surface area contributed by atoms with E-state index in [4.69, 9.17) is 23.2 Å². The molecule has 33 heavy (non-hydrogen) atoms. The van der Waals surface area contributed by atoms with E-state index in [0.717, 1.165) is 59.3 Å². The summed E-state index contributed by atoms with van der Waals surface area (Å²) in [6.45, 7) is 2.27. The Bertz CT molecular complexity index is 1190. The Kier molecular flexibility index (Phi) is 6.24. The number of carbonyl (C=O) groups excluding carboxylic acids is 1. The van der Waals surface area contributed by atoms with Crippen LogP contribution in [0.5, 0.6) is 5.75 Å². The van der Waals surface area contributed by atoms with E-state index in [9.17, 15) is 9.90 Å². The maximum atomic E-state index is 13.2. The standard InChI is InChI=1S/C27H28Cl2N2O2/c1-2-15-3-8-19(9-4-15)31-25-20-11-17(18-12-22(28)27(33)23(29)13-18)7-10-24(20)30-14-21(25)26(32)16-5-6-16/h7,10-16,19,33H,2-6,8-9H2,1H3,(H,30,31). The van der Waals surface area contributed by atoms with Crippen molar-refractivity contribution in [3.63, 3.8) is 0 Å². The van der Waals surface area contributed by atoms with Crippen LogP contribution in [-0.4, -0.2) is 21.9 Å². The number of halogens is 2. The lowest BCUT2D eigenvalue weighted by Gasteiger charge is -2.30. The van der Waals surface area contributed by atoms with Crippen LogP contribution < -0.4 is 5.32 Å². The molecule has 5 rings (SSSR count). The van der Waals surface area contributed by atoms with E-state index >= 15 is 0 Å². The van der Waals surface area contributed by atoms with Crippen LogP contribution in [0.2, 0.25) is 10.0 Å². The van der Waals surface area contributed by atoms with Crippen molar-refractivity contribution in [3.8, 4) is 16.9 Å². The van der Waals surface area contributed by atoms with Crippen LogP contribution in [-0.2, 0) is 0 Å². The van der Waals surface area contributed by atoms with Gasteiger partial charge in [0.25, 0.3) is 0 Å². The highest BCUT2D eigenvalue weighted by atomic mass is 35.5. The molecule has 3 aromatic rings. The fourth-order valence-electron chi connectivity index (χ4n) is 4.93. The molecule has 6 heteroatoms. The normalized spacial score (nSPS) is 20.7. The monoisotopic (exact) mass is 482 g/mol. The fraction of sp³-hybridized carbons (Fsp3) is 0.407. The number of ketones is 1. The van der Waals surface area contributed by atoms with Crippen molar-refractivity contribution in [2.75, 3.05) is 5.32 Å². The maximum absolute atomic E-state index is 13.2. The van der Waals surface area contributed by atoms with Gasteiger partial charge in [-0.25, -0.2) is 0 Å². The lowest BCUT2D eigenvalue weighted by atomic mass is 9.84. The molecule has 0 atom stereocenters. The molecule has 0 unspecified atom stereocenters. The Morgan fingerprint density at radius 2 is 1.73 bits per heavy atom. The van der Waals surface area contributed by atoms with Gasteiger partial charge in [0.2, 0.25) is 0 Å². The number of nitrogens with zero attached hydrogens (tertiary/aromatic N) is 1. The average molecular weight is 483 g/mol. The van der Waals surface area contributed by atoms with Crippen molar-refractivity contribution in [2.24, 2.45) is 11.8 Å². The van der Waals surface area contributed by atoms with E-state index in [1.54, 1.807) is 18.3 Å². The molecular weight excluding hydrogens is 455 g/mol. The number of hydrogen-bond donors (Lipinski definition) is 2. The van der Waals surface area contributed by atoms with Crippen LogP contribution in [0, 0.1) is 11.8 Å². The van der Waals surface area contributed by atoms with E-state index in [-0.39, 0.29) is 27.5 Å². The van der Waals surface area contributed by atoms with Crippen molar-refractivity contribution in [1.82, 2.24) is 4.98 Å². The first-order chi connectivity index (χ1) is 15.9. The molecule has 0 amide bonds. The second-order valence-corrected chi connectivity index (χ2v) is 10.3. The SMILES string of the molecule is CCC1CCC(Nc2c(C(=O)C3CC3)cnc3ccc(-c4cc(Cl)c(O)c(Cl)c4)cc23)CC1. The van der Waals surface area contributed by atoms with E-state index in [0.29, 0.717) is 11.6 Å². The summed E-state index contributed by atoms with van der Waals surface area (Å²) in [4.78, 5) is 17.8. The summed E-state index contributed by atoms with van der Waals surface area (Å²) >= 11 is 12.4. The molecule has 2 saturated carbocycles. The molecule has 172 valence electrons. The van der Waals surface area contributed by atoms with E-state index in [2.05, 4.69) is 17.2 Å². The smallest absolute Gasteiger partial charge is 0.169 e. The third kappa shape index (κ3) is 4.56. The van der Waals surface area contributed by atoms with Gasteiger partial charge >= 0.3 is 0 Å². The first kappa shape index (κ1) is 22.5. The Morgan fingerprint density at radius 1 is 1.03 bits per heavy atom. The van der Waals surface area contributed by atoms with Gasteiger partial charge in [0, 0.05) is 23.5 Å². The molecule has 2 fully saturated rings. The second-order valence-electron chi connectivity index (χ2n) is 9.48. The molecule has 2 aromatic carbocycles. The number of nitrogens with one attached hydrogen (secondary N) is 1. The summed E-state index contributed by atoms with van der Waals surface area (Å²) in [5.41, 5.74) is 4.14. The highest BCUT2D eigenvalue weighted by molar-refractivity contribution is 6.37. The molecule has 2 aliphatic carbocycles. The van der Waals surface area contributed by atoms with E-state index in [1.165, 1.54) is 19.3 Å². The van der Waals surface area contributed by atoms with Gasteiger partial charge in [-0.1, -0.05) is 42.6 Å². The van der Waals surface area contributed by atoms with Crippen LogP contribution in [0.4, 0.5) is 5.69 Å². The van der Waals surface area contributed by atoms with Gasteiger partial charge in [-0.2, -0.15) is 0 Å². The topological polar surface area (TPSA) is 62.2 Å². The van der Waals surface area contributed by atoms with Gasteiger partial charge in [0.05, 0.1) is 26.8 Å². The fourth-order valence-corrected chi connectivity index (χ4v) is 5.42. The van der Waals surface area contributed by atoms with Gasteiger partial charge in [-0.3, -0.25) is 9.78 Å². The Morgan fingerprint density at radius 3 is 2.36 bits per heavy atom. The van der Waals surface area contributed by atoms with Crippen molar-refractivity contribution >= 4 is 45.6 Å². The highest BCUT2D eigenvalue weighted by Gasteiger charge is 2.33. The quantitative estimate of drug-likeness (QED) is 0.350. The molecule has 2 N–H and O–H groups in total. The molecule has 0 spiro atoms. The van der Waals surface area contributed by atoms with Crippen molar-refractivity contribution in [3.05, 3.63) is 52.1 Å². The predicted molar refractivity (Wildman–Crippen MR) is 136 cm³/mol. The Hall–Kier alpha value is -2.30. The zero-order valence-corrected chi connectivity index (χ0v) is 20.2. The zero-order chi connectivity index (χ0) is 23.1. The number of phenols is 1. The number of benzene rings is 2. The molecular formula is C27H28Cl2N2O2. The first-order valence-electron chi connectivity index (χ1n) is 11.9. The minimum Gasteiger partial charge on any atom is -0.505 e. The number of aromatic nitrogens is 1. The molecule has 1 heterocycles. The predicted octanol–water partition coefficient (Wildman–Crippen LogP) is 7.89. The second kappa shape index (κ2) is 9.15. The van der Waals surface area contributed by atoms with Crippen molar-refractivity contribution < 1.29 is 9.90 Å². The average Bonchev–Trinajstić information content (AvgIpc) is 3.68. The maximum Gasteiger partial charge on any atom is 0.169 e. The summed E-state index contributed by atoms with van der Waals surface area (Å²) in [6, 6.07) is 9.73. The molecule has 1 aromatic heterocycles. The van der Waals surface area contributed by atoms with Gasteiger partial charge in [0.15, 0.2) is 11.5 Å². The molecule has 0 radical (unpaired) electrons. The number of carbonyl (C=O) groups is 1. The first-order valence-corrected chi connectivity index (χ1v) is 12.6. The third-order valence-electron chi connectivity index (χ3n) is 7.20. The van der Waals surface area contributed by atoms with Crippen molar-refractivity contribution in [1.29, 1.82) is 0 Å². The van der Waals surface area contributed by atoms with Crippen LogP contribution in [0.3, 0.4) is 0 Å². The van der Waals surface area contributed by atoms with Gasteiger partial charge in [0.1, 0.15) is 0 Å². The number of Topliss-reactive ketones (excluding diaryl/α,β-unsaturated/α-hetero) is 1. The summed E-state index contributed by atoms with van der Waals surface area (Å²) in [6.07, 6.45) is 9.57. The summed E-state index contributed by atoms with van der Waals surface area (Å²) in [5, 5.41) is 15.0. The molecule has 0 aliphatic heterocycles. The number of pyridine rings is 1. The number of rotatable bonds is 6. The Labute approximate surface area is 204 Å². The number of hydrogen-bond acceptors (Lipinski definition) is 4. The van der Waals surface area contributed by atoms with Gasteiger partial charge < -0.3 is 10.4 Å². The summed E-state index contributed by atoms with van der Waals surface area (Å²) in [7, 11) is 0. The molecule has 4 nitrogen and oxygen atoms in total. The molecule has 0 bridgehead atoms. The highest BCUT2D eigenvalue weighted by Crippen LogP contribution is 2.40. The summed E-state index contributed by atoms with van der Waals surface area (Å²) in [5.74, 6) is 1.00. The van der Waals surface area contributed by atoms with Crippen LogP contribution in [0.15, 0.2) is 36.5 Å². The largest absolute Gasteiger partial charge is 0.505 e. The summed E-state index contributed by atoms with van der Waals surface area (Å²) < 4.78 is 0. The third-order valence-corrected chi connectivity index (χ3v) is 7.78.